The van der Waals surface area contributed by atoms with E-state index < -0.39 is 0 Å². The second-order valence-corrected chi connectivity index (χ2v) is 2.57. The predicted molar refractivity (Wildman–Crippen MR) is 40.7 cm³/mol. The summed E-state index contributed by atoms with van der Waals surface area (Å²) in [7, 11) is 0. The fourth-order valence-corrected chi connectivity index (χ4v) is 1.11. The van der Waals surface area contributed by atoms with Crippen LogP contribution < -0.4 is 0 Å². The molecule has 0 aliphatic carbocycles. The van der Waals surface area contributed by atoms with Crippen LogP contribution in [0.15, 0.2) is 0 Å². The topological polar surface area (TPSA) is 40.5 Å². The molecule has 3 nitrogen and oxygen atoms in total. The van der Waals surface area contributed by atoms with Gasteiger partial charge in [-0.15, -0.1) is 0 Å². The number of aliphatic hydroxyl groups excluding tert-OH is 1. The van der Waals surface area contributed by atoms with E-state index in [2.05, 4.69) is 11.8 Å². The molecule has 1 rings (SSSR count). The number of hydrogen-bond donors (Lipinski definition) is 1. The molecular weight excluding hydrogens is 142 g/mol. The number of carbonyl (C=O) groups is 1. The highest BCUT2D eigenvalue weighted by Gasteiger charge is 2.22. The first-order valence-electron chi connectivity index (χ1n) is 3.63. The van der Waals surface area contributed by atoms with Gasteiger partial charge >= 0.3 is 0 Å². The van der Waals surface area contributed by atoms with Crippen molar-refractivity contribution in [2.75, 3.05) is 13.1 Å². The van der Waals surface area contributed by atoms with Gasteiger partial charge < -0.3 is 10.0 Å². The molecule has 0 saturated carbocycles. The second kappa shape index (κ2) is 3.40. The number of likely N-dealkylation sites (tertiary alicyclic amines) is 1. The SMILES string of the molecule is CC#CC(=O)N1CCC(O)C1. The monoisotopic (exact) mass is 153 g/mol. The van der Waals surface area contributed by atoms with E-state index in [4.69, 9.17) is 5.11 Å². The van der Waals surface area contributed by atoms with Crippen LogP contribution in [0.1, 0.15) is 13.3 Å². The van der Waals surface area contributed by atoms with Gasteiger partial charge in [0.05, 0.1) is 6.10 Å². The first-order chi connectivity index (χ1) is 5.24. The Morgan fingerprint density at radius 1 is 1.73 bits per heavy atom. The van der Waals surface area contributed by atoms with Crippen LogP contribution in [-0.4, -0.2) is 35.1 Å². The molecule has 1 aliphatic heterocycles. The first-order valence-corrected chi connectivity index (χ1v) is 3.63. The Balaban J connectivity index is 2.47. The van der Waals surface area contributed by atoms with Gasteiger partial charge in [0.1, 0.15) is 0 Å². The lowest BCUT2D eigenvalue weighted by molar-refractivity contribution is -0.124. The summed E-state index contributed by atoms with van der Waals surface area (Å²) in [6.45, 7) is 2.70. The predicted octanol–water partition coefficient (Wildman–Crippen LogP) is -0.397. The van der Waals surface area contributed by atoms with E-state index in [0.29, 0.717) is 19.5 Å². The van der Waals surface area contributed by atoms with Crippen molar-refractivity contribution in [3.63, 3.8) is 0 Å². The molecular formula is C8H11NO2. The minimum atomic E-state index is -0.349. The second-order valence-electron chi connectivity index (χ2n) is 2.57. The van der Waals surface area contributed by atoms with E-state index >= 15 is 0 Å². The van der Waals surface area contributed by atoms with Gasteiger partial charge in [-0.1, -0.05) is 5.92 Å². The summed E-state index contributed by atoms with van der Waals surface area (Å²) >= 11 is 0. The normalized spacial score (nSPS) is 22.7. The third-order valence-corrected chi connectivity index (χ3v) is 1.68. The standard InChI is InChI=1S/C8H11NO2/c1-2-3-8(11)9-5-4-7(10)6-9/h7,10H,4-6H2,1H3. The molecule has 1 atom stereocenters. The van der Waals surface area contributed by atoms with Crippen LogP contribution in [0.25, 0.3) is 0 Å². The number of carbonyl (C=O) groups excluding carboxylic acids is 1. The molecule has 1 saturated heterocycles. The highest BCUT2D eigenvalue weighted by atomic mass is 16.3. The molecule has 1 amide bonds. The maximum Gasteiger partial charge on any atom is 0.298 e. The van der Waals surface area contributed by atoms with E-state index in [-0.39, 0.29) is 12.0 Å². The minimum absolute atomic E-state index is 0.177. The van der Waals surface area contributed by atoms with Gasteiger partial charge in [-0.2, -0.15) is 0 Å². The summed E-state index contributed by atoms with van der Waals surface area (Å²) in [6.07, 6.45) is 0.328. The van der Waals surface area contributed by atoms with Crippen molar-refractivity contribution in [2.24, 2.45) is 0 Å². The van der Waals surface area contributed by atoms with Gasteiger partial charge in [-0.25, -0.2) is 0 Å². The Labute approximate surface area is 66.0 Å². The zero-order valence-corrected chi connectivity index (χ0v) is 6.50. The number of rotatable bonds is 0. The van der Waals surface area contributed by atoms with Crippen molar-refractivity contribution in [1.29, 1.82) is 0 Å². The molecule has 0 aromatic carbocycles. The van der Waals surface area contributed by atoms with Crippen LogP contribution in [0, 0.1) is 11.8 Å². The first kappa shape index (κ1) is 8.09. The number of hydrogen-bond acceptors (Lipinski definition) is 2. The fraction of sp³-hybridized carbons (Fsp3) is 0.625. The Bertz CT molecular complexity index is 214. The Morgan fingerprint density at radius 2 is 2.45 bits per heavy atom. The molecule has 1 aliphatic rings. The van der Waals surface area contributed by atoms with E-state index in [9.17, 15) is 4.79 Å². The third kappa shape index (κ3) is 1.95. The van der Waals surface area contributed by atoms with Crippen LogP contribution >= 0.6 is 0 Å². The van der Waals surface area contributed by atoms with Crippen LogP contribution in [0.2, 0.25) is 0 Å². The summed E-state index contributed by atoms with van der Waals surface area (Å²) in [4.78, 5) is 12.6. The van der Waals surface area contributed by atoms with E-state index in [1.165, 1.54) is 0 Å². The van der Waals surface area contributed by atoms with Crippen LogP contribution in [0.3, 0.4) is 0 Å². The van der Waals surface area contributed by atoms with Gasteiger partial charge in [0.25, 0.3) is 5.91 Å². The largest absolute Gasteiger partial charge is 0.391 e. The minimum Gasteiger partial charge on any atom is -0.391 e. The number of amides is 1. The number of nitrogens with zero attached hydrogens (tertiary/aromatic N) is 1. The van der Waals surface area contributed by atoms with E-state index in [0.717, 1.165) is 0 Å². The Kier molecular flexibility index (Phi) is 2.50. The average Bonchev–Trinajstić information content (AvgIpc) is 2.36. The summed E-state index contributed by atoms with van der Waals surface area (Å²) in [6, 6.07) is 0. The van der Waals surface area contributed by atoms with Crippen molar-refractivity contribution in [3.05, 3.63) is 0 Å². The molecule has 3 heteroatoms. The summed E-state index contributed by atoms with van der Waals surface area (Å²) in [5.74, 6) is 4.79. The zero-order chi connectivity index (χ0) is 8.27. The molecule has 1 unspecified atom stereocenters. The number of aliphatic hydroxyl groups is 1. The maximum atomic E-state index is 11.0. The Hall–Kier alpha value is -1.01. The summed E-state index contributed by atoms with van der Waals surface area (Å²) < 4.78 is 0. The quantitative estimate of drug-likeness (QED) is 0.481. The third-order valence-electron chi connectivity index (χ3n) is 1.68. The van der Waals surface area contributed by atoms with Gasteiger partial charge in [0.15, 0.2) is 0 Å². The molecule has 0 aromatic rings. The summed E-state index contributed by atoms with van der Waals surface area (Å²) in [5, 5.41) is 9.07. The smallest absolute Gasteiger partial charge is 0.298 e. The van der Waals surface area contributed by atoms with Gasteiger partial charge in [-0.3, -0.25) is 4.79 Å². The Morgan fingerprint density at radius 3 is 2.91 bits per heavy atom. The van der Waals surface area contributed by atoms with Crippen molar-refractivity contribution in [1.82, 2.24) is 4.90 Å². The molecule has 0 bridgehead atoms. The molecule has 1 N–H and O–H groups in total. The van der Waals surface area contributed by atoms with Gasteiger partial charge in [-0.05, 0) is 19.3 Å². The lowest BCUT2D eigenvalue weighted by Crippen LogP contribution is -2.28. The fourth-order valence-electron chi connectivity index (χ4n) is 1.11. The number of β-amino-alcohol motifs (C(OH)–C–C–N with tert-alkyl or cyclic N) is 1. The molecule has 0 aromatic heterocycles. The zero-order valence-electron chi connectivity index (χ0n) is 6.50. The van der Waals surface area contributed by atoms with Crippen molar-refractivity contribution in [3.8, 4) is 11.8 Å². The van der Waals surface area contributed by atoms with E-state index in [1.54, 1.807) is 11.8 Å². The molecule has 1 heterocycles. The summed E-state index contributed by atoms with van der Waals surface area (Å²) in [5.41, 5.74) is 0. The van der Waals surface area contributed by atoms with Crippen LogP contribution in [-0.2, 0) is 4.79 Å². The van der Waals surface area contributed by atoms with Crippen molar-refractivity contribution in [2.45, 2.75) is 19.4 Å². The van der Waals surface area contributed by atoms with Crippen molar-refractivity contribution < 1.29 is 9.90 Å². The molecule has 0 spiro atoms. The van der Waals surface area contributed by atoms with Gasteiger partial charge in [0.2, 0.25) is 0 Å². The van der Waals surface area contributed by atoms with Crippen molar-refractivity contribution >= 4 is 5.91 Å². The van der Waals surface area contributed by atoms with E-state index in [1.807, 2.05) is 0 Å². The molecule has 60 valence electrons. The highest BCUT2D eigenvalue weighted by Crippen LogP contribution is 2.07. The average molecular weight is 153 g/mol. The lowest BCUT2D eigenvalue weighted by atomic mass is 10.3. The highest BCUT2D eigenvalue weighted by molar-refractivity contribution is 5.93. The van der Waals surface area contributed by atoms with Crippen LogP contribution in [0.4, 0.5) is 0 Å². The lowest BCUT2D eigenvalue weighted by Gasteiger charge is -2.10. The molecule has 11 heavy (non-hydrogen) atoms. The molecule has 1 fully saturated rings. The van der Waals surface area contributed by atoms with Gasteiger partial charge in [0, 0.05) is 13.1 Å². The molecule has 0 radical (unpaired) electrons. The van der Waals surface area contributed by atoms with Crippen LogP contribution in [0.5, 0.6) is 0 Å². The maximum absolute atomic E-state index is 11.0.